The molecule has 3 amide bonds. The second-order valence-corrected chi connectivity index (χ2v) is 7.28. The van der Waals surface area contributed by atoms with Crippen molar-refractivity contribution in [3.63, 3.8) is 0 Å². The molecule has 2 fully saturated rings. The van der Waals surface area contributed by atoms with Crippen molar-refractivity contribution in [2.75, 3.05) is 13.1 Å². The number of halogens is 1. The van der Waals surface area contributed by atoms with Gasteiger partial charge in [-0.3, -0.25) is 19.7 Å². The molecule has 4 rings (SSSR count). The fraction of sp³-hybridized carbons (Fsp3) is 0.400. The minimum absolute atomic E-state index is 0.0441. The molecule has 3 heterocycles. The van der Waals surface area contributed by atoms with Crippen LogP contribution in [0.4, 0.5) is 9.18 Å². The van der Waals surface area contributed by atoms with Crippen molar-refractivity contribution < 1.29 is 14.0 Å². The van der Waals surface area contributed by atoms with Crippen molar-refractivity contribution in [2.24, 2.45) is 5.92 Å². The van der Waals surface area contributed by atoms with Gasteiger partial charge in [-0.15, -0.1) is 0 Å². The molecule has 0 saturated carbocycles. The lowest BCUT2D eigenvalue weighted by atomic mass is 9.74. The lowest BCUT2D eigenvalue weighted by molar-refractivity contribution is -0.134. The molecule has 1 aromatic carbocycles. The number of urea groups is 1. The van der Waals surface area contributed by atoms with Gasteiger partial charge in [0.2, 0.25) is 0 Å². The predicted molar refractivity (Wildman–Crippen MR) is 99.5 cm³/mol. The Balaban J connectivity index is 1.68. The van der Waals surface area contributed by atoms with Crippen molar-refractivity contribution in [2.45, 2.75) is 31.3 Å². The van der Waals surface area contributed by atoms with Gasteiger partial charge >= 0.3 is 6.03 Å². The highest BCUT2D eigenvalue weighted by Gasteiger charge is 2.55. The maximum absolute atomic E-state index is 14.4. The molecule has 0 spiro atoms. The monoisotopic (exact) mass is 383 g/mol. The number of aromatic nitrogens is 2. The smallest absolute Gasteiger partial charge is 0.322 e. The third-order valence-electron chi connectivity index (χ3n) is 5.60. The highest BCUT2D eigenvalue weighted by atomic mass is 19.1. The minimum Gasteiger partial charge on any atom is -0.322 e. The van der Waals surface area contributed by atoms with E-state index in [-0.39, 0.29) is 30.6 Å². The fourth-order valence-corrected chi connectivity index (χ4v) is 4.16. The van der Waals surface area contributed by atoms with Crippen LogP contribution >= 0.6 is 0 Å². The Morgan fingerprint density at radius 2 is 1.96 bits per heavy atom. The van der Waals surface area contributed by atoms with Gasteiger partial charge in [-0.2, -0.15) is 0 Å². The average molecular weight is 383 g/mol. The van der Waals surface area contributed by atoms with E-state index in [9.17, 15) is 14.0 Å². The molecule has 2 aliphatic rings. The van der Waals surface area contributed by atoms with Crippen molar-refractivity contribution in [3.05, 3.63) is 59.9 Å². The molecule has 28 heavy (non-hydrogen) atoms. The molecule has 2 aromatic rings. The maximum atomic E-state index is 14.4. The Kier molecular flexibility index (Phi) is 5.04. The van der Waals surface area contributed by atoms with Crippen molar-refractivity contribution in [3.8, 4) is 0 Å². The third-order valence-corrected chi connectivity index (χ3v) is 5.60. The average Bonchev–Trinajstić information content (AvgIpc) is 2.96. The zero-order valence-electron chi connectivity index (χ0n) is 15.4. The SMILES string of the molecule is O=C1N[C@](Cc2ccccc2F)(C2CCNCC2)C(=O)N1Cc1cnccn1. The Labute approximate surface area is 162 Å². The van der Waals surface area contributed by atoms with E-state index >= 15 is 0 Å². The Hall–Kier alpha value is -2.87. The molecule has 0 radical (unpaired) electrons. The number of amides is 3. The lowest BCUT2D eigenvalue weighted by Crippen LogP contribution is -2.57. The summed E-state index contributed by atoms with van der Waals surface area (Å²) >= 11 is 0. The number of hydrogen-bond acceptors (Lipinski definition) is 5. The summed E-state index contributed by atoms with van der Waals surface area (Å²) in [6.07, 6.45) is 6.19. The van der Waals surface area contributed by atoms with Gasteiger partial charge in [-0.25, -0.2) is 9.18 Å². The number of piperidine rings is 1. The number of benzene rings is 1. The molecule has 0 unspecified atom stereocenters. The molecule has 1 aromatic heterocycles. The van der Waals surface area contributed by atoms with Crippen LogP contribution in [0.3, 0.4) is 0 Å². The summed E-state index contributed by atoms with van der Waals surface area (Å²) in [5, 5.41) is 6.21. The summed E-state index contributed by atoms with van der Waals surface area (Å²) < 4.78 is 14.4. The topological polar surface area (TPSA) is 87.2 Å². The molecule has 146 valence electrons. The van der Waals surface area contributed by atoms with Crippen LogP contribution in [0, 0.1) is 11.7 Å². The van der Waals surface area contributed by atoms with Gasteiger partial charge in [0.15, 0.2) is 0 Å². The second kappa shape index (κ2) is 7.63. The molecule has 2 N–H and O–H groups in total. The number of rotatable bonds is 5. The molecule has 2 aliphatic heterocycles. The van der Waals surface area contributed by atoms with Gasteiger partial charge in [-0.05, 0) is 43.5 Å². The first-order valence-electron chi connectivity index (χ1n) is 9.43. The number of nitrogens with zero attached hydrogens (tertiary/aromatic N) is 3. The van der Waals surface area contributed by atoms with Crippen LogP contribution in [-0.2, 0) is 17.8 Å². The summed E-state index contributed by atoms with van der Waals surface area (Å²) in [5.41, 5.74) is -0.196. The molecular weight excluding hydrogens is 361 g/mol. The lowest BCUT2D eigenvalue weighted by Gasteiger charge is -2.38. The molecule has 8 heteroatoms. The van der Waals surface area contributed by atoms with E-state index in [2.05, 4.69) is 20.6 Å². The first-order chi connectivity index (χ1) is 13.6. The normalized spacial score (nSPS) is 23.1. The highest BCUT2D eigenvalue weighted by molar-refractivity contribution is 6.07. The van der Waals surface area contributed by atoms with Crippen LogP contribution in [0.15, 0.2) is 42.9 Å². The maximum Gasteiger partial charge on any atom is 0.325 e. The summed E-state index contributed by atoms with van der Waals surface area (Å²) in [6, 6.07) is 5.94. The van der Waals surface area contributed by atoms with E-state index in [1.54, 1.807) is 18.2 Å². The molecule has 7 nitrogen and oxygen atoms in total. The Bertz CT molecular complexity index is 872. The van der Waals surface area contributed by atoms with Crippen LogP contribution in [0.1, 0.15) is 24.1 Å². The number of carbonyl (C=O) groups is 2. The molecule has 0 bridgehead atoms. The first kappa shape index (κ1) is 18.5. The van der Waals surface area contributed by atoms with E-state index in [1.807, 2.05) is 0 Å². The van der Waals surface area contributed by atoms with Crippen molar-refractivity contribution in [1.29, 1.82) is 0 Å². The van der Waals surface area contributed by atoms with E-state index < -0.39 is 11.6 Å². The summed E-state index contributed by atoms with van der Waals surface area (Å²) in [6.45, 7) is 1.57. The van der Waals surface area contributed by atoms with Gasteiger partial charge in [0.25, 0.3) is 5.91 Å². The largest absolute Gasteiger partial charge is 0.325 e. The van der Waals surface area contributed by atoms with Crippen LogP contribution in [-0.4, -0.2) is 45.4 Å². The van der Waals surface area contributed by atoms with Gasteiger partial charge in [-0.1, -0.05) is 18.2 Å². The van der Waals surface area contributed by atoms with E-state index in [0.717, 1.165) is 25.9 Å². The predicted octanol–water partition coefficient (Wildman–Crippen LogP) is 1.65. The van der Waals surface area contributed by atoms with Gasteiger partial charge in [0.05, 0.1) is 18.4 Å². The third kappa shape index (κ3) is 3.35. The van der Waals surface area contributed by atoms with E-state index in [1.165, 1.54) is 29.6 Å². The van der Waals surface area contributed by atoms with Crippen LogP contribution in [0.25, 0.3) is 0 Å². The summed E-state index contributed by atoms with van der Waals surface area (Å²) in [5.74, 6) is -0.764. The van der Waals surface area contributed by atoms with Crippen LogP contribution in [0.5, 0.6) is 0 Å². The van der Waals surface area contributed by atoms with Crippen molar-refractivity contribution >= 4 is 11.9 Å². The van der Waals surface area contributed by atoms with E-state index in [4.69, 9.17) is 0 Å². The number of nitrogens with one attached hydrogen (secondary N) is 2. The Morgan fingerprint density at radius 1 is 1.18 bits per heavy atom. The van der Waals surface area contributed by atoms with Gasteiger partial charge in [0.1, 0.15) is 11.4 Å². The minimum atomic E-state index is -1.15. The van der Waals surface area contributed by atoms with E-state index in [0.29, 0.717) is 11.3 Å². The zero-order valence-corrected chi connectivity index (χ0v) is 15.4. The van der Waals surface area contributed by atoms with Gasteiger partial charge in [0, 0.05) is 18.8 Å². The number of carbonyl (C=O) groups excluding carboxylic acids is 2. The highest BCUT2D eigenvalue weighted by Crippen LogP contribution is 2.36. The molecule has 1 atom stereocenters. The fourth-order valence-electron chi connectivity index (χ4n) is 4.16. The summed E-state index contributed by atoms with van der Waals surface area (Å²) in [4.78, 5) is 35.6. The zero-order chi connectivity index (χ0) is 19.6. The number of imide groups is 1. The van der Waals surface area contributed by atoms with Gasteiger partial charge < -0.3 is 10.6 Å². The standard InChI is InChI=1S/C20H22FN5O2/c21-17-4-2-1-3-14(17)11-20(15-5-7-22-8-6-15)18(27)26(19(28)25-20)13-16-12-23-9-10-24-16/h1-4,9-10,12,15,22H,5-8,11,13H2,(H,25,28)/t20-/m1/s1. The number of hydrogen-bond donors (Lipinski definition) is 2. The van der Waals surface area contributed by atoms with Crippen LogP contribution < -0.4 is 10.6 Å². The van der Waals surface area contributed by atoms with Crippen molar-refractivity contribution in [1.82, 2.24) is 25.5 Å². The Morgan fingerprint density at radius 3 is 2.68 bits per heavy atom. The quantitative estimate of drug-likeness (QED) is 0.767. The summed E-state index contributed by atoms with van der Waals surface area (Å²) in [7, 11) is 0. The second-order valence-electron chi connectivity index (χ2n) is 7.28. The van der Waals surface area contributed by atoms with Crippen LogP contribution in [0.2, 0.25) is 0 Å². The molecule has 0 aliphatic carbocycles. The first-order valence-corrected chi connectivity index (χ1v) is 9.43. The molecule has 2 saturated heterocycles. The molecular formula is C20H22FN5O2.